The first-order chi connectivity index (χ1) is 6.94. The van der Waals surface area contributed by atoms with Gasteiger partial charge in [-0.2, -0.15) is 0 Å². The molecule has 1 rings (SSSR count). The zero-order chi connectivity index (χ0) is 11.5. The van der Waals surface area contributed by atoms with Crippen LogP contribution in [0.5, 0.6) is 0 Å². The predicted molar refractivity (Wildman–Crippen MR) is 60.7 cm³/mol. The second-order valence-corrected chi connectivity index (χ2v) is 6.18. The van der Waals surface area contributed by atoms with Crippen molar-refractivity contribution in [2.24, 2.45) is 0 Å². The van der Waals surface area contributed by atoms with Gasteiger partial charge in [-0.25, -0.2) is 17.5 Å². The fraction of sp³-hybridized carbons (Fsp3) is 0.333. The third-order valence-electron chi connectivity index (χ3n) is 1.85. The molecule has 3 nitrogen and oxygen atoms in total. The maximum Gasteiger partial charge on any atom is 0.222 e. The highest BCUT2D eigenvalue weighted by atomic mass is 79.9. The van der Waals surface area contributed by atoms with Gasteiger partial charge >= 0.3 is 0 Å². The van der Waals surface area contributed by atoms with E-state index in [1.54, 1.807) is 19.1 Å². The van der Waals surface area contributed by atoms with Crippen LogP contribution in [0.2, 0.25) is 0 Å². The Balaban J connectivity index is 2.82. The van der Waals surface area contributed by atoms with Gasteiger partial charge in [0.25, 0.3) is 0 Å². The number of sulfonamides is 1. The van der Waals surface area contributed by atoms with Crippen molar-refractivity contribution < 1.29 is 12.8 Å². The Morgan fingerprint density at radius 3 is 2.73 bits per heavy atom. The van der Waals surface area contributed by atoms with Crippen molar-refractivity contribution in [3.63, 3.8) is 0 Å². The maximum absolute atomic E-state index is 12.9. The van der Waals surface area contributed by atoms with Gasteiger partial charge in [0.1, 0.15) is 10.5 Å². The molecule has 1 atom stereocenters. The highest BCUT2D eigenvalue weighted by Gasteiger charge is 2.14. The minimum atomic E-state index is -3.34. The van der Waals surface area contributed by atoms with E-state index in [9.17, 15) is 12.8 Å². The Morgan fingerprint density at radius 1 is 1.53 bits per heavy atom. The van der Waals surface area contributed by atoms with Crippen LogP contribution in [0.1, 0.15) is 18.5 Å². The fourth-order valence-corrected chi connectivity index (χ4v) is 2.28. The van der Waals surface area contributed by atoms with Gasteiger partial charge in [0.15, 0.2) is 0 Å². The molecule has 1 aromatic carbocycles. The quantitative estimate of drug-likeness (QED) is 0.865. The SMILES string of the molecule is C[C@@H](NS(=O)(=O)CBr)c1cccc(F)c1. The van der Waals surface area contributed by atoms with Crippen molar-refractivity contribution in [1.82, 2.24) is 4.72 Å². The highest BCUT2D eigenvalue weighted by Crippen LogP contribution is 2.14. The van der Waals surface area contributed by atoms with Crippen LogP contribution in [0.3, 0.4) is 0 Å². The van der Waals surface area contributed by atoms with E-state index < -0.39 is 16.1 Å². The first-order valence-electron chi connectivity index (χ1n) is 4.26. The molecule has 0 heterocycles. The first kappa shape index (κ1) is 12.6. The minimum Gasteiger partial charge on any atom is -0.212 e. The molecule has 1 aromatic rings. The zero-order valence-corrected chi connectivity index (χ0v) is 10.5. The summed E-state index contributed by atoms with van der Waals surface area (Å²) >= 11 is 2.86. The summed E-state index contributed by atoms with van der Waals surface area (Å²) in [6.07, 6.45) is 0. The van der Waals surface area contributed by atoms with Crippen molar-refractivity contribution in [2.75, 3.05) is 4.66 Å². The van der Waals surface area contributed by atoms with E-state index in [0.717, 1.165) is 0 Å². The van der Waals surface area contributed by atoms with Crippen LogP contribution < -0.4 is 4.72 Å². The molecule has 1 N–H and O–H groups in total. The summed E-state index contributed by atoms with van der Waals surface area (Å²) in [6.45, 7) is 1.66. The van der Waals surface area contributed by atoms with Crippen molar-refractivity contribution in [1.29, 1.82) is 0 Å². The zero-order valence-electron chi connectivity index (χ0n) is 8.07. The molecule has 0 amide bonds. The largest absolute Gasteiger partial charge is 0.222 e. The maximum atomic E-state index is 12.9. The molecule has 0 aliphatic carbocycles. The molecular weight excluding hydrogens is 285 g/mol. The Labute approximate surface area is 96.9 Å². The summed E-state index contributed by atoms with van der Waals surface area (Å²) in [5.41, 5.74) is 0.597. The average Bonchev–Trinajstić information content (AvgIpc) is 2.17. The predicted octanol–water partition coefficient (Wildman–Crippen LogP) is 2.16. The lowest BCUT2D eigenvalue weighted by molar-refractivity contribution is 0.569. The van der Waals surface area contributed by atoms with Crippen LogP contribution in [-0.2, 0) is 10.0 Å². The van der Waals surface area contributed by atoms with Crippen molar-refractivity contribution in [3.05, 3.63) is 35.6 Å². The van der Waals surface area contributed by atoms with Crippen molar-refractivity contribution >= 4 is 26.0 Å². The van der Waals surface area contributed by atoms with E-state index in [1.807, 2.05) is 0 Å². The monoisotopic (exact) mass is 295 g/mol. The van der Waals surface area contributed by atoms with Gasteiger partial charge in [-0.1, -0.05) is 28.1 Å². The molecule has 15 heavy (non-hydrogen) atoms. The molecular formula is C9H11BrFNO2S. The van der Waals surface area contributed by atoms with Crippen LogP contribution in [0.25, 0.3) is 0 Å². The second kappa shape index (κ2) is 5.05. The normalized spacial score (nSPS) is 13.8. The minimum absolute atomic E-state index is 0.167. The molecule has 0 aliphatic heterocycles. The summed E-state index contributed by atoms with van der Waals surface area (Å²) in [6, 6.07) is 5.40. The van der Waals surface area contributed by atoms with E-state index in [4.69, 9.17) is 0 Å². The number of rotatable bonds is 4. The highest BCUT2D eigenvalue weighted by molar-refractivity contribution is 9.10. The lowest BCUT2D eigenvalue weighted by Crippen LogP contribution is -2.27. The fourth-order valence-electron chi connectivity index (χ4n) is 1.14. The van der Waals surface area contributed by atoms with E-state index in [-0.39, 0.29) is 10.5 Å². The number of hydrogen-bond acceptors (Lipinski definition) is 2. The topological polar surface area (TPSA) is 46.2 Å². The number of nitrogens with one attached hydrogen (secondary N) is 1. The molecule has 6 heteroatoms. The van der Waals surface area contributed by atoms with Gasteiger partial charge in [0.05, 0.1) is 0 Å². The van der Waals surface area contributed by atoms with Gasteiger partial charge in [0, 0.05) is 6.04 Å². The van der Waals surface area contributed by atoms with Gasteiger partial charge in [0.2, 0.25) is 10.0 Å². The Hall–Kier alpha value is -0.460. The molecule has 0 unspecified atom stereocenters. The van der Waals surface area contributed by atoms with Crippen LogP contribution in [-0.4, -0.2) is 13.1 Å². The lowest BCUT2D eigenvalue weighted by Gasteiger charge is -2.13. The summed E-state index contributed by atoms with van der Waals surface area (Å²) in [5.74, 6) is -0.377. The average molecular weight is 296 g/mol. The van der Waals surface area contributed by atoms with E-state index in [1.165, 1.54) is 12.1 Å². The smallest absolute Gasteiger partial charge is 0.212 e. The first-order valence-corrected chi connectivity index (χ1v) is 7.03. The third kappa shape index (κ3) is 3.89. The molecule has 84 valence electrons. The van der Waals surface area contributed by atoms with Gasteiger partial charge in [-0.05, 0) is 24.6 Å². The van der Waals surface area contributed by atoms with Crippen LogP contribution in [0.4, 0.5) is 4.39 Å². The standard InChI is InChI=1S/C9H11BrFNO2S/c1-7(12-15(13,14)6-10)8-3-2-4-9(11)5-8/h2-5,7,12H,6H2,1H3/t7-/m1/s1. The molecule has 0 radical (unpaired) electrons. The van der Waals surface area contributed by atoms with Crippen molar-refractivity contribution in [2.45, 2.75) is 13.0 Å². The van der Waals surface area contributed by atoms with E-state index in [2.05, 4.69) is 20.7 Å². The summed E-state index contributed by atoms with van der Waals surface area (Å²) in [4.78, 5) is 0. The van der Waals surface area contributed by atoms with Gasteiger partial charge < -0.3 is 0 Å². The molecule has 0 bridgehead atoms. The molecule has 0 aromatic heterocycles. The number of hydrogen-bond donors (Lipinski definition) is 1. The van der Waals surface area contributed by atoms with Gasteiger partial charge in [-0.3, -0.25) is 0 Å². The number of benzene rings is 1. The molecule has 0 saturated carbocycles. The van der Waals surface area contributed by atoms with Crippen molar-refractivity contribution in [3.8, 4) is 0 Å². The third-order valence-corrected chi connectivity index (χ3v) is 4.66. The number of halogens is 2. The summed E-state index contributed by atoms with van der Waals surface area (Å²) < 4.78 is 37.5. The lowest BCUT2D eigenvalue weighted by atomic mass is 10.1. The van der Waals surface area contributed by atoms with E-state index >= 15 is 0 Å². The van der Waals surface area contributed by atoms with Crippen LogP contribution in [0.15, 0.2) is 24.3 Å². The van der Waals surface area contributed by atoms with Gasteiger partial charge in [-0.15, -0.1) is 0 Å². The Morgan fingerprint density at radius 2 is 2.20 bits per heavy atom. The Bertz CT molecular complexity index is 435. The molecule has 0 fully saturated rings. The molecule has 0 spiro atoms. The Kier molecular flexibility index (Phi) is 4.24. The molecule has 0 aliphatic rings. The second-order valence-electron chi connectivity index (χ2n) is 3.12. The van der Waals surface area contributed by atoms with Crippen LogP contribution >= 0.6 is 15.9 Å². The van der Waals surface area contributed by atoms with Crippen LogP contribution in [0, 0.1) is 5.82 Å². The molecule has 0 saturated heterocycles. The summed E-state index contributed by atoms with van der Waals surface area (Å²) in [7, 11) is -3.34. The van der Waals surface area contributed by atoms with E-state index in [0.29, 0.717) is 5.56 Å². The summed E-state index contributed by atoms with van der Waals surface area (Å²) in [5, 5.41) is 0. The number of alkyl halides is 1.